The molecule has 0 aliphatic carbocycles. The number of hydrogen-bond acceptors (Lipinski definition) is 8. The van der Waals surface area contributed by atoms with Crippen LogP contribution in [0.1, 0.15) is 10.4 Å². The Balaban J connectivity index is 1.49. The van der Waals surface area contributed by atoms with Crippen molar-refractivity contribution in [2.75, 3.05) is 41.4 Å². The Morgan fingerprint density at radius 3 is 2.36 bits per heavy atom. The SMILES string of the molecule is O=C(NNc1ncnc(N2CCN(c3ccc(F)cc3)CC2)c1[N+](=O)[O-])c1ccccc1Cl. The molecule has 2 heterocycles. The fourth-order valence-electron chi connectivity index (χ4n) is 3.52. The van der Waals surface area contributed by atoms with Gasteiger partial charge in [0.25, 0.3) is 5.91 Å². The van der Waals surface area contributed by atoms with Crippen molar-refractivity contribution in [1.82, 2.24) is 15.4 Å². The molecule has 1 aliphatic heterocycles. The van der Waals surface area contributed by atoms with Crippen molar-refractivity contribution >= 4 is 40.5 Å². The molecule has 0 radical (unpaired) electrons. The van der Waals surface area contributed by atoms with E-state index in [0.717, 1.165) is 5.69 Å². The number of carbonyl (C=O) groups excluding carboxylic acids is 1. The van der Waals surface area contributed by atoms with Crippen LogP contribution in [0.3, 0.4) is 0 Å². The second kappa shape index (κ2) is 9.65. The van der Waals surface area contributed by atoms with E-state index < -0.39 is 10.8 Å². The second-order valence-corrected chi connectivity index (χ2v) is 7.57. The van der Waals surface area contributed by atoms with Gasteiger partial charge in [-0.2, -0.15) is 0 Å². The zero-order valence-electron chi connectivity index (χ0n) is 17.2. The van der Waals surface area contributed by atoms with Crippen molar-refractivity contribution in [3.8, 4) is 0 Å². The van der Waals surface area contributed by atoms with Gasteiger partial charge in [-0.15, -0.1) is 0 Å². The van der Waals surface area contributed by atoms with Crippen LogP contribution < -0.4 is 20.7 Å². The fraction of sp³-hybridized carbons (Fsp3) is 0.190. The van der Waals surface area contributed by atoms with E-state index >= 15 is 0 Å². The first-order chi connectivity index (χ1) is 15.9. The molecule has 2 aromatic carbocycles. The number of nitrogens with zero attached hydrogens (tertiary/aromatic N) is 5. The monoisotopic (exact) mass is 471 g/mol. The summed E-state index contributed by atoms with van der Waals surface area (Å²) in [4.78, 5) is 35.5. The lowest BCUT2D eigenvalue weighted by Crippen LogP contribution is -2.47. The normalized spacial score (nSPS) is 13.5. The Morgan fingerprint density at radius 1 is 1.03 bits per heavy atom. The number of benzene rings is 2. The average molecular weight is 472 g/mol. The van der Waals surface area contributed by atoms with Gasteiger partial charge in [-0.1, -0.05) is 23.7 Å². The van der Waals surface area contributed by atoms with Gasteiger partial charge in [0.05, 0.1) is 15.5 Å². The van der Waals surface area contributed by atoms with Gasteiger partial charge in [-0.05, 0) is 36.4 Å². The molecule has 1 amide bonds. The number of hydrogen-bond donors (Lipinski definition) is 2. The number of aromatic nitrogens is 2. The Bertz CT molecular complexity index is 1170. The van der Waals surface area contributed by atoms with Gasteiger partial charge in [-0.3, -0.25) is 25.8 Å². The van der Waals surface area contributed by atoms with Crippen LogP contribution in [0, 0.1) is 15.9 Å². The molecule has 1 aromatic heterocycles. The minimum absolute atomic E-state index is 0.142. The van der Waals surface area contributed by atoms with Crippen molar-refractivity contribution in [3.63, 3.8) is 0 Å². The Hall–Kier alpha value is -3.99. The van der Waals surface area contributed by atoms with E-state index in [2.05, 4.69) is 25.7 Å². The van der Waals surface area contributed by atoms with Crippen LogP contribution in [0.2, 0.25) is 5.02 Å². The number of anilines is 3. The average Bonchev–Trinajstić information content (AvgIpc) is 2.83. The van der Waals surface area contributed by atoms with E-state index in [1.54, 1.807) is 35.2 Å². The lowest BCUT2D eigenvalue weighted by atomic mass is 10.2. The lowest BCUT2D eigenvalue weighted by molar-refractivity contribution is -0.383. The summed E-state index contributed by atoms with van der Waals surface area (Å²) in [5.41, 5.74) is 5.63. The zero-order valence-corrected chi connectivity index (χ0v) is 18.0. The van der Waals surface area contributed by atoms with Crippen molar-refractivity contribution in [2.45, 2.75) is 0 Å². The van der Waals surface area contributed by atoms with Gasteiger partial charge < -0.3 is 9.80 Å². The Kier molecular flexibility index (Phi) is 6.50. The maximum Gasteiger partial charge on any atom is 0.355 e. The number of piperazine rings is 1. The number of halogens is 2. The van der Waals surface area contributed by atoms with Crippen LogP contribution in [0.5, 0.6) is 0 Å². The highest BCUT2D eigenvalue weighted by atomic mass is 35.5. The number of hydrazine groups is 1. The molecule has 170 valence electrons. The zero-order chi connectivity index (χ0) is 23.4. The maximum atomic E-state index is 13.2. The summed E-state index contributed by atoms with van der Waals surface area (Å²) in [5.74, 6) is -0.881. The summed E-state index contributed by atoms with van der Waals surface area (Å²) in [5, 5.41) is 12.1. The van der Waals surface area contributed by atoms with Crippen molar-refractivity contribution in [3.05, 3.63) is 81.4 Å². The van der Waals surface area contributed by atoms with Gasteiger partial charge in [-0.25, -0.2) is 14.4 Å². The molecule has 0 bridgehead atoms. The third kappa shape index (κ3) is 4.93. The summed E-state index contributed by atoms with van der Waals surface area (Å²) in [6.07, 6.45) is 1.19. The molecule has 1 fully saturated rings. The number of rotatable bonds is 6. The molecule has 2 N–H and O–H groups in total. The summed E-state index contributed by atoms with van der Waals surface area (Å²) in [6.45, 7) is 2.05. The number of carbonyl (C=O) groups is 1. The summed E-state index contributed by atoms with van der Waals surface area (Å²) in [7, 11) is 0. The summed E-state index contributed by atoms with van der Waals surface area (Å²) < 4.78 is 13.2. The van der Waals surface area contributed by atoms with Crippen molar-refractivity contribution < 1.29 is 14.1 Å². The third-order valence-electron chi connectivity index (χ3n) is 5.17. The molecule has 33 heavy (non-hydrogen) atoms. The van der Waals surface area contributed by atoms with Crippen LogP contribution in [0.15, 0.2) is 54.9 Å². The summed E-state index contributed by atoms with van der Waals surface area (Å²) >= 11 is 6.02. The molecule has 0 spiro atoms. The van der Waals surface area contributed by atoms with Crippen LogP contribution in [0.25, 0.3) is 0 Å². The highest BCUT2D eigenvalue weighted by Gasteiger charge is 2.29. The first-order valence-corrected chi connectivity index (χ1v) is 10.4. The standard InChI is InChI=1S/C21H19ClFN7O3/c22-17-4-2-1-3-16(17)21(31)27-26-19-18(30(32)33)20(25-13-24-19)29-11-9-28(10-12-29)15-7-5-14(23)6-8-15/h1-8,13H,9-12H2,(H,27,31)(H,24,25,26). The molecule has 3 aromatic rings. The predicted octanol–water partition coefficient (Wildman–Crippen LogP) is 3.26. The van der Waals surface area contributed by atoms with E-state index in [1.165, 1.54) is 24.5 Å². The Labute approximate surface area is 193 Å². The smallest absolute Gasteiger partial charge is 0.355 e. The van der Waals surface area contributed by atoms with E-state index in [4.69, 9.17) is 11.6 Å². The topological polar surface area (TPSA) is 117 Å². The molecule has 12 heteroatoms. The fourth-order valence-corrected chi connectivity index (χ4v) is 3.74. The quantitative estimate of drug-likeness (QED) is 0.415. The first kappa shape index (κ1) is 22.2. The van der Waals surface area contributed by atoms with E-state index in [-0.39, 0.29) is 33.7 Å². The van der Waals surface area contributed by atoms with Crippen molar-refractivity contribution in [1.29, 1.82) is 0 Å². The summed E-state index contributed by atoms with van der Waals surface area (Å²) in [6, 6.07) is 12.6. The van der Waals surface area contributed by atoms with E-state index in [0.29, 0.717) is 26.2 Å². The van der Waals surface area contributed by atoms with Gasteiger partial charge in [0.15, 0.2) is 0 Å². The van der Waals surface area contributed by atoms with Crippen LogP contribution in [-0.2, 0) is 0 Å². The number of amides is 1. The Morgan fingerprint density at radius 2 is 1.70 bits per heavy atom. The first-order valence-electron chi connectivity index (χ1n) is 10.00. The number of nitro groups is 1. The molecular weight excluding hydrogens is 453 g/mol. The number of nitrogens with one attached hydrogen (secondary N) is 2. The molecule has 0 atom stereocenters. The van der Waals surface area contributed by atoms with Crippen LogP contribution in [-0.4, -0.2) is 47.0 Å². The highest BCUT2D eigenvalue weighted by Crippen LogP contribution is 2.32. The molecular formula is C21H19ClFN7O3. The molecule has 10 nitrogen and oxygen atoms in total. The minimum atomic E-state index is -0.592. The van der Waals surface area contributed by atoms with Crippen LogP contribution in [0.4, 0.5) is 27.4 Å². The molecule has 0 saturated carbocycles. The van der Waals surface area contributed by atoms with E-state index in [9.17, 15) is 19.3 Å². The second-order valence-electron chi connectivity index (χ2n) is 7.16. The molecule has 1 aliphatic rings. The van der Waals surface area contributed by atoms with Gasteiger partial charge in [0.2, 0.25) is 11.6 Å². The third-order valence-corrected chi connectivity index (χ3v) is 5.50. The highest BCUT2D eigenvalue weighted by molar-refractivity contribution is 6.33. The molecule has 4 rings (SSSR count). The van der Waals surface area contributed by atoms with E-state index in [1.807, 2.05) is 0 Å². The maximum absolute atomic E-state index is 13.2. The van der Waals surface area contributed by atoms with Gasteiger partial charge in [0, 0.05) is 31.9 Å². The molecule has 1 saturated heterocycles. The minimum Gasteiger partial charge on any atom is -0.368 e. The predicted molar refractivity (Wildman–Crippen MR) is 122 cm³/mol. The molecule has 0 unspecified atom stereocenters. The van der Waals surface area contributed by atoms with Crippen LogP contribution >= 0.6 is 11.6 Å². The lowest BCUT2D eigenvalue weighted by Gasteiger charge is -2.36. The van der Waals surface area contributed by atoms with Crippen molar-refractivity contribution in [2.24, 2.45) is 0 Å². The largest absolute Gasteiger partial charge is 0.368 e. The van der Waals surface area contributed by atoms with Gasteiger partial charge >= 0.3 is 5.69 Å². The van der Waals surface area contributed by atoms with Gasteiger partial charge in [0.1, 0.15) is 12.1 Å².